The smallest absolute Gasteiger partial charge is 0.356 e. The first-order valence-electron chi connectivity index (χ1n) is 11.4. The van der Waals surface area contributed by atoms with Crippen LogP contribution in [0.25, 0.3) is 4.85 Å². The van der Waals surface area contributed by atoms with Crippen molar-refractivity contribution < 1.29 is 19.5 Å². The van der Waals surface area contributed by atoms with Crippen LogP contribution in [0.15, 0.2) is 48.5 Å². The predicted octanol–water partition coefficient (Wildman–Crippen LogP) is 4.21. The number of aryl methyl sites for hydroxylation is 1. The molecule has 0 bridgehead atoms. The highest BCUT2D eigenvalue weighted by molar-refractivity contribution is 7.60. The molecule has 6 nitrogen and oxygen atoms in total. The summed E-state index contributed by atoms with van der Waals surface area (Å²) in [7, 11) is -4.23. The molecule has 1 aliphatic heterocycles. The van der Waals surface area contributed by atoms with Crippen molar-refractivity contribution in [3.05, 3.63) is 71.1 Å². The van der Waals surface area contributed by atoms with Crippen LogP contribution in [0.5, 0.6) is 0 Å². The zero-order valence-corrected chi connectivity index (χ0v) is 19.1. The molecule has 170 valence electrons. The highest BCUT2D eigenvalue weighted by Crippen LogP contribution is 2.37. The van der Waals surface area contributed by atoms with Gasteiger partial charge in [0.25, 0.3) is 0 Å². The molecule has 2 aromatic carbocycles. The van der Waals surface area contributed by atoms with Gasteiger partial charge >= 0.3 is 7.60 Å². The van der Waals surface area contributed by atoms with Gasteiger partial charge in [-0.25, -0.2) is 6.57 Å². The highest BCUT2D eigenvalue weighted by atomic mass is 31.2. The molecule has 3 unspecified atom stereocenters. The normalized spacial score (nSPS) is 22.8. The van der Waals surface area contributed by atoms with Crippen molar-refractivity contribution in [3.63, 3.8) is 0 Å². The lowest BCUT2D eigenvalue weighted by Crippen LogP contribution is -2.34. The summed E-state index contributed by atoms with van der Waals surface area (Å²) in [5.41, 5.74) is 3.07. The Morgan fingerprint density at radius 3 is 2.28 bits per heavy atom. The van der Waals surface area contributed by atoms with Crippen LogP contribution in [-0.2, 0) is 11.0 Å². The largest absolute Gasteiger partial charge is 0.388 e. The monoisotopic (exact) mass is 454 g/mol. The third-order valence-corrected chi connectivity index (χ3v) is 8.06. The first kappa shape index (κ1) is 23.0. The second kappa shape index (κ2) is 9.77. The Kier molecular flexibility index (Phi) is 7.02. The van der Waals surface area contributed by atoms with Gasteiger partial charge in [-0.05, 0) is 67.0 Å². The fourth-order valence-corrected chi connectivity index (χ4v) is 5.77. The maximum atomic E-state index is 11.4. The molecule has 1 saturated carbocycles. The second-order valence-corrected chi connectivity index (χ2v) is 10.7. The van der Waals surface area contributed by atoms with E-state index >= 15 is 0 Å². The summed E-state index contributed by atoms with van der Waals surface area (Å²) in [5, 5.41) is 10.7. The van der Waals surface area contributed by atoms with Crippen molar-refractivity contribution in [2.24, 2.45) is 5.92 Å². The van der Waals surface area contributed by atoms with Crippen molar-refractivity contribution in [2.75, 3.05) is 11.4 Å². The molecule has 2 aromatic rings. The first-order chi connectivity index (χ1) is 15.4. The summed E-state index contributed by atoms with van der Waals surface area (Å²) in [4.78, 5) is 24.7. The molecule has 1 heterocycles. The van der Waals surface area contributed by atoms with Gasteiger partial charge in [0.1, 0.15) is 6.04 Å². The first-order valence-corrected chi connectivity index (χ1v) is 13.0. The summed E-state index contributed by atoms with van der Waals surface area (Å²) in [6, 6.07) is 14.7. The maximum Gasteiger partial charge on any atom is 0.356 e. The number of aliphatic hydroxyl groups is 1. The lowest BCUT2D eigenvalue weighted by molar-refractivity contribution is 0.111. The van der Waals surface area contributed by atoms with Gasteiger partial charge in [0.15, 0.2) is 0 Å². The molecule has 1 saturated heterocycles. The van der Waals surface area contributed by atoms with E-state index in [4.69, 9.17) is 6.57 Å². The molecule has 0 aromatic heterocycles. The van der Waals surface area contributed by atoms with Crippen LogP contribution in [0.3, 0.4) is 0 Å². The van der Waals surface area contributed by atoms with E-state index in [1.807, 2.05) is 12.1 Å². The lowest BCUT2D eigenvalue weighted by atomic mass is 9.94. The van der Waals surface area contributed by atoms with Gasteiger partial charge in [-0.3, -0.25) is 4.57 Å². The van der Waals surface area contributed by atoms with E-state index in [-0.39, 0.29) is 17.4 Å². The van der Waals surface area contributed by atoms with E-state index in [1.165, 1.54) is 25.0 Å². The molecule has 32 heavy (non-hydrogen) atoms. The molecule has 0 radical (unpaired) electrons. The standard InChI is InChI=1S/C25H31N2O4P/c1-26-23-16-17-27(21-11-9-20(10-12-21)25(28)19-4-2-3-5-19)24(23)15-8-18-6-13-22(14-7-18)32(29,30)31/h6-7,9-14,19,23-25,28H,2-5,8,15-17H2,(H2,29,30,31). The minimum Gasteiger partial charge on any atom is -0.388 e. The van der Waals surface area contributed by atoms with Crippen LogP contribution in [0, 0.1) is 12.5 Å². The van der Waals surface area contributed by atoms with Crippen molar-refractivity contribution in [1.82, 2.24) is 0 Å². The SMILES string of the molecule is [C-]#[N+]C1CCN(c2ccc(C(O)C3CCCC3)cc2)C1CCc1ccc(P(=O)(O)O)cc1. The summed E-state index contributed by atoms with van der Waals surface area (Å²) in [6.07, 6.45) is 6.58. The second-order valence-electron chi connectivity index (χ2n) is 9.08. The molecule has 2 aliphatic rings. The number of anilines is 1. The molecule has 1 aliphatic carbocycles. The average molecular weight is 455 g/mol. The van der Waals surface area contributed by atoms with Gasteiger partial charge in [0, 0.05) is 18.7 Å². The summed E-state index contributed by atoms with van der Waals surface area (Å²) in [6.45, 7) is 8.46. The van der Waals surface area contributed by atoms with E-state index < -0.39 is 13.7 Å². The fourth-order valence-electron chi connectivity index (χ4n) is 5.24. The topological polar surface area (TPSA) is 85.4 Å². The molecule has 7 heteroatoms. The molecule has 2 fully saturated rings. The number of hydrogen-bond acceptors (Lipinski definition) is 3. The van der Waals surface area contributed by atoms with E-state index in [2.05, 4.69) is 21.9 Å². The van der Waals surface area contributed by atoms with Crippen LogP contribution in [0.4, 0.5) is 5.69 Å². The van der Waals surface area contributed by atoms with Crippen molar-refractivity contribution >= 4 is 18.6 Å². The highest BCUT2D eigenvalue weighted by Gasteiger charge is 2.38. The lowest BCUT2D eigenvalue weighted by Gasteiger charge is -2.27. The number of benzene rings is 2. The van der Waals surface area contributed by atoms with Crippen molar-refractivity contribution in [3.8, 4) is 0 Å². The minimum absolute atomic E-state index is 0.0302. The third-order valence-electron chi connectivity index (χ3n) is 7.09. The van der Waals surface area contributed by atoms with Crippen LogP contribution in [0.1, 0.15) is 55.8 Å². The summed E-state index contributed by atoms with van der Waals surface area (Å²) < 4.78 is 11.4. The average Bonchev–Trinajstić information content (AvgIpc) is 3.47. The Morgan fingerprint density at radius 1 is 1.03 bits per heavy atom. The van der Waals surface area contributed by atoms with E-state index in [9.17, 15) is 19.5 Å². The number of aliphatic hydroxyl groups excluding tert-OH is 1. The van der Waals surface area contributed by atoms with Crippen molar-refractivity contribution in [2.45, 2.75) is 63.1 Å². The van der Waals surface area contributed by atoms with Gasteiger partial charge in [0.05, 0.1) is 11.4 Å². The Labute approximate surface area is 189 Å². The molecular formula is C25H31N2O4P. The zero-order valence-electron chi connectivity index (χ0n) is 18.2. The zero-order chi connectivity index (χ0) is 22.7. The van der Waals surface area contributed by atoms with Crippen LogP contribution in [-0.4, -0.2) is 33.5 Å². The third kappa shape index (κ3) is 5.08. The number of rotatable bonds is 7. The minimum atomic E-state index is -4.23. The summed E-state index contributed by atoms with van der Waals surface area (Å²) >= 11 is 0. The quantitative estimate of drug-likeness (QED) is 0.431. The molecule has 0 spiro atoms. The molecular weight excluding hydrogens is 423 g/mol. The Balaban J connectivity index is 1.44. The number of hydrogen-bond donors (Lipinski definition) is 3. The Hall–Kier alpha value is -2.16. The summed E-state index contributed by atoms with van der Waals surface area (Å²) in [5.74, 6) is 0.365. The predicted molar refractivity (Wildman–Crippen MR) is 126 cm³/mol. The Bertz CT molecular complexity index is 990. The van der Waals surface area contributed by atoms with Gasteiger partial charge in [-0.15, -0.1) is 0 Å². The van der Waals surface area contributed by atoms with E-state index in [0.717, 1.165) is 55.5 Å². The van der Waals surface area contributed by atoms with Gasteiger partial charge in [-0.2, -0.15) is 0 Å². The molecule has 3 N–H and O–H groups in total. The van der Waals surface area contributed by atoms with Crippen LogP contribution < -0.4 is 10.2 Å². The molecule has 3 atom stereocenters. The van der Waals surface area contributed by atoms with Crippen molar-refractivity contribution in [1.29, 1.82) is 0 Å². The van der Waals surface area contributed by atoms with Crippen LogP contribution in [0.2, 0.25) is 0 Å². The molecule has 0 amide bonds. The van der Waals surface area contributed by atoms with Gasteiger partial charge < -0.3 is 24.6 Å². The molecule has 4 rings (SSSR count). The van der Waals surface area contributed by atoms with Gasteiger partial charge in [-0.1, -0.05) is 37.1 Å². The van der Waals surface area contributed by atoms with E-state index in [0.29, 0.717) is 5.92 Å². The van der Waals surface area contributed by atoms with E-state index in [1.54, 1.807) is 12.1 Å². The maximum absolute atomic E-state index is 11.4. The van der Waals surface area contributed by atoms with Gasteiger partial charge in [0.2, 0.25) is 6.04 Å². The Morgan fingerprint density at radius 2 is 1.69 bits per heavy atom. The van der Waals surface area contributed by atoms with Crippen LogP contribution >= 0.6 is 7.60 Å². The number of nitrogens with zero attached hydrogens (tertiary/aromatic N) is 2. The fraction of sp³-hybridized carbons (Fsp3) is 0.480.